The molecule has 0 aliphatic heterocycles. The normalized spacial score (nSPS) is 12.9. The minimum absolute atomic E-state index is 0.179. The van der Waals surface area contributed by atoms with Crippen molar-refractivity contribution in [1.82, 2.24) is 4.57 Å². The SMILES string of the molecule is Cn1c(=O)c(C(=O)CS(=O)(=O)[O-])c2c3c(c(Br)ccc31)C(=O)c1ccccc1-2. The summed E-state index contributed by atoms with van der Waals surface area (Å²) in [5.41, 5.74) is 0.381. The molecule has 1 aliphatic rings. The number of benzene rings is 2. The van der Waals surface area contributed by atoms with E-state index in [0.717, 1.165) is 0 Å². The number of rotatable bonds is 3. The summed E-state index contributed by atoms with van der Waals surface area (Å²) in [4.78, 5) is 38.7. The number of pyridine rings is 1. The quantitative estimate of drug-likeness (QED) is 0.342. The Morgan fingerprint density at radius 2 is 1.71 bits per heavy atom. The number of nitrogens with zero attached hydrogens (tertiary/aromatic N) is 1. The summed E-state index contributed by atoms with van der Waals surface area (Å²) in [6.07, 6.45) is 0. The molecule has 28 heavy (non-hydrogen) atoms. The summed E-state index contributed by atoms with van der Waals surface area (Å²) in [6, 6.07) is 9.73. The molecule has 0 atom stereocenters. The summed E-state index contributed by atoms with van der Waals surface area (Å²) in [5, 5.41) is 0.367. The van der Waals surface area contributed by atoms with E-state index in [0.29, 0.717) is 20.9 Å². The van der Waals surface area contributed by atoms with Gasteiger partial charge < -0.3 is 9.12 Å². The van der Waals surface area contributed by atoms with Crippen LogP contribution in [0.5, 0.6) is 0 Å². The first kappa shape index (κ1) is 18.7. The molecule has 0 N–H and O–H groups in total. The Morgan fingerprint density at radius 1 is 1.07 bits per heavy atom. The molecule has 4 rings (SSSR count). The molecule has 0 spiro atoms. The van der Waals surface area contributed by atoms with Crippen LogP contribution in [-0.2, 0) is 17.2 Å². The van der Waals surface area contributed by atoms with E-state index >= 15 is 0 Å². The van der Waals surface area contributed by atoms with Gasteiger partial charge in [0.05, 0.1) is 11.1 Å². The minimum atomic E-state index is -4.89. The molecule has 0 radical (unpaired) electrons. The van der Waals surface area contributed by atoms with E-state index in [9.17, 15) is 27.4 Å². The van der Waals surface area contributed by atoms with Crippen molar-refractivity contribution in [3.05, 3.63) is 67.9 Å². The van der Waals surface area contributed by atoms with Gasteiger partial charge in [0.1, 0.15) is 15.9 Å². The topological polar surface area (TPSA) is 113 Å². The van der Waals surface area contributed by atoms with Crippen molar-refractivity contribution < 1.29 is 22.6 Å². The van der Waals surface area contributed by atoms with Gasteiger partial charge in [0.15, 0.2) is 11.6 Å². The first-order valence-corrected chi connectivity index (χ1v) is 10.4. The molecule has 2 aromatic carbocycles. The first-order chi connectivity index (χ1) is 13.1. The highest BCUT2D eigenvalue weighted by molar-refractivity contribution is 9.10. The summed E-state index contributed by atoms with van der Waals surface area (Å²) < 4.78 is 35.1. The van der Waals surface area contributed by atoms with E-state index < -0.39 is 32.8 Å². The van der Waals surface area contributed by atoms with Crippen LogP contribution in [0.2, 0.25) is 0 Å². The van der Waals surface area contributed by atoms with Gasteiger partial charge in [-0.05, 0) is 17.7 Å². The third-order valence-electron chi connectivity index (χ3n) is 4.77. The second-order valence-electron chi connectivity index (χ2n) is 6.43. The fourth-order valence-electron chi connectivity index (χ4n) is 3.62. The number of fused-ring (bicyclic) bond motifs is 2. The average molecular weight is 461 g/mol. The summed E-state index contributed by atoms with van der Waals surface area (Å²) in [6.45, 7) is 0. The largest absolute Gasteiger partial charge is 0.748 e. The van der Waals surface area contributed by atoms with Crippen molar-refractivity contribution in [2.75, 3.05) is 5.75 Å². The molecular formula is C19H11BrNO6S-. The molecule has 1 aromatic heterocycles. The number of hydrogen-bond donors (Lipinski definition) is 0. The Balaban J connectivity index is 2.27. The van der Waals surface area contributed by atoms with Crippen LogP contribution < -0.4 is 5.56 Å². The lowest BCUT2D eigenvalue weighted by Gasteiger charge is -2.24. The van der Waals surface area contributed by atoms with Gasteiger partial charge in [-0.1, -0.05) is 40.2 Å². The van der Waals surface area contributed by atoms with Gasteiger partial charge in [-0.3, -0.25) is 14.4 Å². The lowest BCUT2D eigenvalue weighted by atomic mass is 9.81. The number of hydrogen-bond acceptors (Lipinski definition) is 6. The zero-order valence-electron chi connectivity index (χ0n) is 14.4. The number of ketones is 2. The highest BCUT2D eigenvalue weighted by Crippen LogP contribution is 2.42. The standard InChI is InChI=1S/C19H12BrNO6S/c1-21-12-7-6-11(20)15-16(12)14(9-4-2-3-5-10(9)18(15)23)17(19(21)24)13(22)8-28(25,26)27/h2-7H,8H2,1H3,(H,25,26,27)/p-1. The van der Waals surface area contributed by atoms with E-state index in [2.05, 4.69) is 15.9 Å². The predicted octanol–water partition coefficient (Wildman–Crippen LogP) is 2.24. The lowest BCUT2D eigenvalue weighted by Crippen LogP contribution is -2.31. The molecule has 0 amide bonds. The molecule has 9 heteroatoms. The van der Waals surface area contributed by atoms with Crippen molar-refractivity contribution >= 4 is 48.5 Å². The van der Waals surface area contributed by atoms with Gasteiger partial charge in [0, 0.05) is 33.6 Å². The summed E-state index contributed by atoms with van der Waals surface area (Å²) in [5.74, 6) is -2.71. The Morgan fingerprint density at radius 3 is 2.36 bits per heavy atom. The van der Waals surface area contributed by atoms with Gasteiger partial charge in [0.25, 0.3) is 5.56 Å². The highest BCUT2D eigenvalue weighted by atomic mass is 79.9. The number of halogens is 1. The Kier molecular flexibility index (Phi) is 4.14. The molecule has 0 saturated carbocycles. The van der Waals surface area contributed by atoms with Crippen LogP contribution in [0.4, 0.5) is 0 Å². The second kappa shape index (κ2) is 6.20. The van der Waals surface area contributed by atoms with E-state index in [4.69, 9.17) is 0 Å². The molecule has 0 saturated heterocycles. The smallest absolute Gasteiger partial charge is 0.262 e. The third kappa shape index (κ3) is 2.66. The summed E-state index contributed by atoms with van der Waals surface area (Å²) in [7, 11) is -3.47. The van der Waals surface area contributed by atoms with Crippen molar-refractivity contribution in [3.63, 3.8) is 0 Å². The number of carbonyl (C=O) groups is 2. The molecule has 0 unspecified atom stereocenters. The Bertz CT molecular complexity index is 1390. The molecule has 0 fully saturated rings. The van der Waals surface area contributed by atoms with Crippen LogP contribution in [0.3, 0.4) is 0 Å². The van der Waals surface area contributed by atoms with Gasteiger partial charge in [-0.2, -0.15) is 0 Å². The molecule has 7 nitrogen and oxygen atoms in total. The average Bonchev–Trinajstić information content (AvgIpc) is 2.61. The van der Waals surface area contributed by atoms with E-state index in [-0.39, 0.29) is 22.5 Å². The third-order valence-corrected chi connectivity index (χ3v) is 6.04. The van der Waals surface area contributed by atoms with Crippen molar-refractivity contribution in [3.8, 4) is 11.1 Å². The Labute approximate surface area is 167 Å². The molecule has 1 aliphatic carbocycles. The van der Waals surface area contributed by atoms with Gasteiger partial charge in [-0.15, -0.1) is 0 Å². The van der Waals surface area contributed by atoms with Crippen molar-refractivity contribution in [2.24, 2.45) is 7.05 Å². The fourth-order valence-corrected chi connectivity index (χ4v) is 4.60. The second-order valence-corrected chi connectivity index (χ2v) is 8.69. The van der Waals surface area contributed by atoms with Gasteiger partial charge in [0.2, 0.25) is 0 Å². The van der Waals surface area contributed by atoms with Crippen LogP contribution in [0.25, 0.3) is 22.0 Å². The van der Waals surface area contributed by atoms with Crippen LogP contribution in [0.15, 0.2) is 45.7 Å². The van der Waals surface area contributed by atoms with E-state index in [1.54, 1.807) is 36.4 Å². The molecule has 0 bridgehead atoms. The van der Waals surface area contributed by atoms with Crippen molar-refractivity contribution in [1.29, 1.82) is 0 Å². The molecule has 3 aromatic rings. The molecule has 1 heterocycles. The predicted molar refractivity (Wildman–Crippen MR) is 105 cm³/mol. The number of Topliss-reactive ketones (excluding diaryl/α,β-unsaturated/α-hetero) is 1. The zero-order chi connectivity index (χ0) is 20.4. The maximum Gasteiger partial charge on any atom is 0.262 e. The minimum Gasteiger partial charge on any atom is -0.748 e. The maximum atomic E-state index is 13.1. The maximum absolute atomic E-state index is 13.1. The Hall–Kier alpha value is -2.62. The zero-order valence-corrected chi connectivity index (χ0v) is 16.8. The monoisotopic (exact) mass is 460 g/mol. The van der Waals surface area contributed by atoms with Crippen LogP contribution >= 0.6 is 15.9 Å². The van der Waals surface area contributed by atoms with Crippen LogP contribution in [-0.4, -0.2) is 34.9 Å². The highest BCUT2D eigenvalue weighted by Gasteiger charge is 2.33. The molecular weight excluding hydrogens is 450 g/mol. The number of aryl methyl sites for hydroxylation is 1. The first-order valence-electron chi connectivity index (χ1n) is 8.08. The van der Waals surface area contributed by atoms with Gasteiger partial charge >= 0.3 is 0 Å². The fraction of sp³-hybridized carbons (Fsp3) is 0.105. The number of carbonyl (C=O) groups excluding carboxylic acids is 2. The lowest BCUT2D eigenvalue weighted by molar-refractivity contribution is 0.101. The number of aromatic nitrogens is 1. The van der Waals surface area contributed by atoms with E-state index in [1.807, 2.05) is 0 Å². The van der Waals surface area contributed by atoms with Crippen LogP contribution in [0.1, 0.15) is 26.3 Å². The summed E-state index contributed by atoms with van der Waals surface area (Å²) >= 11 is 3.35. The van der Waals surface area contributed by atoms with Crippen LogP contribution in [0, 0.1) is 0 Å². The molecule has 142 valence electrons. The van der Waals surface area contributed by atoms with E-state index in [1.165, 1.54) is 11.6 Å². The van der Waals surface area contributed by atoms with Gasteiger partial charge in [-0.25, -0.2) is 8.42 Å². The van der Waals surface area contributed by atoms with Crippen molar-refractivity contribution in [2.45, 2.75) is 0 Å².